The van der Waals surface area contributed by atoms with Gasteiger partial charge in [0, 0.05) is 11.0 Å². The van der Waals surface area contributed by atoms with Crippen LogP contribution in [0.25, 0.3) is 0 Å². The van der Waals surface area contributed by atoms with Gasteiger partial charge in [0.2, 0.25) is 0 Å². The molecule has 0 unspecified atom stereocenters. The molecule has 0 heterocycles. The van der Waals surface area contributed by atoms with Crippen molar-refractivity contribution in [3.8, 4) is 5.75 Å². The van der Waals surface area contributed by atoms with Gasteiger partial charge in [-0.1, -0.05) is 18.2 Å². The van der Waals surface area contributed by atoms with Gasteiger partial charge in [0.15, 0.2) is 0 Å². The summed E-state index contributed by atoms with van der Waals surface area (Å²) < 4.78 is 4.53. The normalized spacial score (nSPS) is 8.18. The maximum Gasteiger partial charge on any atom is 0.707 e. The topological polar surface area (TPSA) is 49.7 Å². The van der Waals surface area contributed by atoms with E-state index in [1.807, 2.05) is 6.07 Å². The molecule has 0 bridgehead atoms. The highest BCUT2D eigenvalue weighted by atomic mass is 28.1. The van der Waals surface area contributed by atoms with Gasteiger partial charge in [0.05, 0.1) is 0 Å². The molecule has 1 aromatic rings. The van der Waals surface area contributed by atoms with Crippen molar-refractivity contribution in [3.63, 3.8) is 0 Å². The lowest BCUT2D eigenvalue weighted by Crippen LogP contribution is -2.20. The van der Waals surface area contributed by atoms with Crippen LogP contribution in [0, 0.1) is 0 Å². The molecular formula is C6H7BO3Si. The summed E-state index contributed by atoms with van der Waals surface area (Å²) >= 11 is 0. The minimum absolute atomic E-state index is 0. The van der Waals surface area contributed by atoms with Crippen LogP contribution < -0.4 is 4.65 Å². The lowest BCUT2D eigenvalue weighted by atomic mass is 10.2. The largest absolute Gasteiger partial charge is 0.707 e. The molecule has 1 rings (SSSR count). The highest BCUT2D eigenvalue weighted by Gasteiger charge is 2.09. The van der Waals surface area contributed by atoms with Crippen LogP contribution in [0.5, 0.6) is 5.75 Å². The number of rotatable bonds is 2. The van der Waals surface area contributed by atoms with Gasteiger partial charge in [-0.25, -0.2) is 0 Å². The molecule has 0 atom stereocenters. The highest BCUT2D eigenvalue weighted by Crippen LogP contribution is 2.07. The molecule has 2 N–H and O–H groups in total. The zero-order valence-corrected chi connectivity index (χ0v) is 6.77. The Bertz CT molecular complexity index is 192. The molecule has 3 nitrogen and oxygen atoms in total. The standard InChI is InChI=1S/C6H7BO3.Si/c8-7(9)10-6-4-2-1-3-5-6;/h1-5,8-9H;. The Morgan fingerprint density at radius 3 is 2.09 bits per heavy atom. The predicted octanol–water partition coefficient (Wildman–Crippen LogP) is -0.346. The first-order valence-corrected chi connectivity index (χ1v) is 2.87. The Balaban J connectivity index is 0.000001000. The van der Waals surface area contributed by atoms with Crippen LogP contribution in [0.3, 0.4) is 0 Å². The van der Waals surface area contributed by atoms with E-state index in [0.29, 0.717) is 5.75 Å². The molecule has 4 radical (unpaired) electrons. The van der Waals surface area contributed by atoms with Gasteiger partial charge in [-0.3, -0.25) is 0 Å². The zero-order chi connectivity index (χ0) is 7.40. The summed E-state index contributed by atoms with van der Waals surface area (Å²) in [5, 5.41) is 16.7. The van der Waals surface area contributed by atoms with E-state index in [0.717, 1.165) is 0 Å². The zero-order valence-electron chi connectivity index (χ0n) is 5.77. The van der Waals surface area contributed by atoms with Crippen LogP contribution in [-0.2, 0) is 0 Å². The van der Waals surface area contributed by atoms with Gasteiger partial charge in [0.25, 0.3) is 0 Å². The summed E-state index contributed by atoms with van der Waals surface area (Å²) in [6.45, 7) is 0. The fraction of sp³-hybridized carbons (Fsp3) is 0. The van der Waals surface area contributed by atoms with Gasteiger partial charge >= 0.3 is 7.32 Å². The third kappa shape index (κ3) is 3.82. The number of hydrogen-bond donors (Lipinski definition) is 2. The van der Waals surface area contributed by atoms with E-state index in [9.17, 15) is 0 Å². The monoisotopic (exact) mass is 166 g/mol. The fourth-order valence-electron chi connectivity index (χ4n) is 0.621. The first kappa shape index (κ1) is 10.2. The van der Waals surface area contributed by atoms with Gasteiger partial charge < -0.3 is 14.7 Å². The lowest BCUT2D eigenvalue weighted by molar-refractivity contribution is 0.288. The highest BCUT2D eigenvalue weighted by molar-refractivity contribution is 6.33. The lowest BCUT2D eigenvalue weighted by Gasteiger charge is -2.01. The molecule has 0 saturated carbocycles. The maximum absolute atomic E-state index is 8.34. The molecule has 0 amide bonds. The molecule has 0 spiro atoms. The minimum atomic E-state index is -1.73. The van der Waals surface area contributed by atoms with E-state index in [1.54, 1.807) is 24.3 Å². The van der Waals surface area contributed by atoms with Crippen LogP contribution in [-0.4, -0.2) is 28.3 Å². The molecule has 0 saturated heterocycles. The van der Waals surface area contributed by atoms with Crippen LogP contribution in [0.4, 0.5) is 0 Å². The summed E-state index contributed by atoms with van der Waals surface area (Å²) in [4.78, 5) is 0. The van der Waals surface area contributed by atoms with Crippen LogP contribution >= 0.6 is 0 Å². The van der Waals surface area contributed by atoms with Gasteiger partial charge in [-0.2, -0.15) is 0 Å². The molecule has 1 aromatic carbocycles. The number of benzene rings is 1. The summed E-state index contributed by atoms with van der Waals surface area (Å²) in [6, 6.07) is 8.59. The molecule has 0 aromatic heterocycles. The molecule has 0 aliphatic heterocycles. The molecule has 11 heavy (non-hydrogen) atoms. The molecule has 56 valence electrons. The Kier molecular flexibility index (Phi) is 4.60. The van der Waals surface area contributed by atoms with E-state index < -0.39 is 7.32 Å². The third-order valence-electron chi connectivity index (χ3n) is 0.985. The summed E-state index contributed by atoms with van der Waals surface area (Å²) in [6.07, 6.45) is 0. The number of hydrogen-bond acceptors (Lipinski definition) is 3. The molecular weight excluding hydrogens is 159 g/mol. The van der Waals surface area contributed by atoms with E-state index in [2.05, 4.69) is 4.65 Å². The maximum atomic E-state index is 8.34. The average molecular weight is 166 g/mol. The Morgan fingerprint density at radius 1 is 1.09 bits per heavy atom. The van der Waals surface area contributed by atoms with E-state index in [-0.39, 0.29) is 11.0 Å². The van der Waals surface area contributed by atoms with E-state index >= 15 is 0 Å². The Morgan fingerprint density at radius 2 is 1.64 bits per heavy atom. The molecule has 0 fully saturated rings. The SMILES string of the molecule is OB(O)Oc1ccccc1.[Si]. The quantitative estimate of drug-likeness (QED) is 0.590. The first-order chi connectivity index (χ1) is 4.79. The van der Waals surface area contributed by atoms with Gasteiger partial charge in [0.1, 0.15) is 5.75 Å². The second kappa shape index (κ2) is 4.95. The Hall–Kier alpha value is -0.778. The molecule has 5 heteroatoms. The van der Waals surface area contributed by atoms with Crippen molar-refractivity contribution in [2.75, 3.05) is 0 Å². The van der Waals surface area contributed by atoms with Crippen LogP contribution in [0.15, 0.2) is 30.3 Å². The smallest absolute Gasteiger partial charge is 0.512 e. The first-order valence-electron chi connectivity index (χ1n) is 2.87. The van der Waals surface area contributed by atoms with Crippen molar-refractivity contribution in [1.82, 2.24) is 0 Å². The van der Waals surface area contributed by atoms with Crippen LogP contribution in [0.2, 0.25) is 0 Å². The predicted molar refractivity (Wildman–Crippen MR) is 43.0 cm³/mol. The number of para-hydroxylation sites is 1. The van der Waals surface area contributed by atoms with E-state index in [4.69, 9.17) is 10.0 Å². The second-order valence-electron chi connectivity index (χ2n) is 1.76. The van der Waals surface area contributed by atoms with Crippen molar-refractivity contribution < 1.29 is 14.7 Å². The van der Waals surface area contributed by atoms with Crippen molar-refractivity contribution in [2.45, 2.75) is 0 Å². The second-order valence-corrected chi connectivity index (χ2v) is 1.76. The van der Waals surface area contributed by atoms with Crippen molar-refractivity contribution >= 4 is 18.3 Å². The van der Waals surface area contributed by atoms with Gasteiger partial charge in [-0.15, -0.1) is 0 Å². The Labute approximate surface area is 69.8 Å². The summed E-state index contributed by atoms with van der Waals surface area (Å²) in [5.41, 5.74) is 0. The van der Waals surface area contributed by atoms with E-state index in [1.165, 1.54) is 0 Å². The van der Waals surface area contributed by atoms with Crippen LogP contribution in [0.1, 0.15) is 0 Å². The summed E-state index contributed by atoms with van der Waals surface area (Å²) in [7, 11) is -1.73. The van der Waals surface area contributed by atoms with Crippen molar-refractivity contribution in [3.05, 3.63) is 30.3 Å². The van der Waals surface area contributed by atoms with Crippen molar-refractivity contribution in [1.29, 1.82) is 0 Å². The van der Waals surface area contributed by atoms with Gasteiger partial charge in [-0.05, 0) is 12.1 Å². The fourth-order valence-corrected chi connectivity index (χ4v) is 0.621. The van der Waals surface area contributed by atoms with Crippen molar-refractivity contribution in [2.24, 2.45) is 0 Å². The molecule has 0 aliphatic carbocycles. The third-order valence-corrected chi connectivity index (χ3v) is 0.985. The molecule has 0 aliphatic rings. The minimum Gasteiger partial charge on any atom is -0.512 e. The summed E-state index contributed by atoms with van der Waals surface area (Å²) in [5.74, 6) is 0.442. The average Bonchev–Trinajstić information content (AvgIpc) is 1.88.